The lowest BCUT2D eigenvalue weighted by Gasteiger charge is -2.34. The number of amides is 2. The van der Waals surface area contributed by atoms with Gasteiger partial charge in [-0.3, -0.25) is 9.78 Å². The van der Waals surface area contributed by atoms with Crippen molar-refractivity contribution in [3.8, 4) is 0 Å². The van der Waals surface area contributed by atoms with Crippen LogP contribution in [0.1, 0.15) is 63.0 Å². The topological polar surface area (TPSA) is 82.5 Å². The second kappa shape index (κ2) is 8.32. The molecule has 1 saturated heterocycles. The monoisotopic (exact) mass is 345 g/mol. The molecule has 2 fully saturated rings. The second-order valence-electron chi connectivity index (χ2n) is 7.18. The van der Waals surface area contributed by atoms with Gasteiger partial charge in [0.05, 0.1) is 12.0 Å². The molecule has 0 spiro atoms. The minimum absolute atomic E-state index is 0.0116. The molecule has 1 aliphatic carbocycles. The zero-order valence-electron chi connectivity index (χ0n) is 14.6. The molecule has 2 N–H and O–H groups in total. The predicted octanol–water partition coefficient (Wildman–Crippen LogP) is 3.35. The summed E-state index contributed by atoms with van der Waals surface area (Å²) in [5, 5.41) is 12.3. The van der Waals surface area contributed by atoms with E-state index in [0.717, 1.165) is 50.6 Å². The molecule has 1 aliphatic heterocycles. The number of pyridine rings is 1. The van der Waals surface area contributed by atoms with Crippen molar-refractivity contribution < 1.29 is 14.7 Å². The lowest BCUT2D eigenvalue weighted by Crippen LogP contribution is -2.47. The number of nitrogens with zero attached hydrogens (tertiary/aromatic N) is 2. The predicted molar refractivity (Wildman–Crippen MR) is 94.1 cm³/mol. The van der Waals surface area contributed by atoms with Gasteiger partial charge in [-0.2, -0.15) is 0 Å². The third-order valence-corrected chi connectivity index (χ3v) is 5.51. The van der Waals surface area contributed by atoms with Gasteiger partial charge in [0.2, 0.25) is 0 Å². The van der Waals surface area contributed by atoms with Crippen molar-refractivity contribution in [2.24, 2.45) is 5.92 Å². The van der Waals surface area contributed by atoms with Gasteiger partial charge in [0.25, 0.3) is 0 Å². The Kier molecular flexibility index (Phi) is 5.89. The Bertz CT molecular complexity index is 585. The van der Waals surface area contributed by atoms with E-state index >= 15 is 0 Å². The first-order chi connectivity index (χ1) is 12.1. The SMILES string of the molecule is O=C(O)C1CCC(NC(=O)N2CCCCCC2c2ccncc2)CC1. The fourth-order valence-electron chi connectivity index (χ4n) is 4.03. The van der Waals surface area contributed by atoms with Crippen LogP contribution < -0.4 is 5.32 Å². The van der Waals surface area contributed by atoms with Crippen molar-refractivity contribution in [1.29, 1.82) is 0 Å². The van der Waals surface area contributed by atoms with E-state index in [1.54, 1.807) is 12.4 Å². The van der Waals surface area contributed by atoms with Gasteiger partial charge in [-0.25, -0.2) is 4.79 Å². The smallest absolute Gasteiger partial charge is 0.318 e. The number of carbonyl (C=O) groups is 2. The molecule has 0 radical (unpaired) electrons. The molecule has 2 heterocycles. The number of carboxylic acid groups (broad SMARTS) is 1. The molecule has 1 unspecified atom stereocenters. The van der Waals surface area contributed by atoms with E-state index in [2.05, 4.69) is 10.3 Å². The van der Waals surface area contributed by atoms with Crippen LogP contribution in [0, 0.1) is 5.92 Å². The van der Waals surface area contributed by atoms with E-state index in [9.17, 15) is 9.59 Å². The van der Waals surface area contributed by atoms with Crippen molar-refractivity contribution >= 4 is 12.0 Å². The van der Waals surface area contributed by atoms with E-state index < -0.39 is 5.97 Å². The van der Waals surface area contributed by atoms with Gasteiger partial charge in [-0.1, -0.05) is 12.8 Å². The molecule has 0 aromatic carbocycles. The normalized spacial score (nSPS) is 27.4. The molecule has 1 atom stereocenters. The molecule has 1 saturated carbocycles. The van der Waals surface area contributed by atoms with Crippen LogP contribution >= 0.6 is 0 Å². The number of hydrogen-bond acceptors (Lipinski definition) is 3. The summed E-state index contributed by atoms with van der Waals surface area (Å²) in [6.45, 7) is 0.767. The van der Waals surface area contributed by atoms with E-state index in [-0.39, 0.29) is 24.0 Å². The summed E-state index contributed by atoms with van der Waals surface area (Å²) < 4.78 is 0. The second-order valence-corrected chi connectivity index (χ2v) is 7.18. The Labute approximate surface area is 148 Å². The molecule has 2 aliphatic rings. The highest BCUT2D eigenvalue weighted by atomic mass is 16.4. The average molecular weight is 345 g/mol. The molecule has 6 nitrogen and oxygen atoms in total. The zero-order chi connectivity index (χ0) is 17.6. The third-order valence-electron chi connectivity index (χ3n) is 5.51. The van der Waals surface area contributed by atoms with Crippen LogP contribution in [0.2, 0.25) is 0 Å². The van der Waals surface area contributed by atoms with Crippen LogP contribution in [0.3, 0.4) is 0 Å². The summed E-state index contributed by atoms with van der Waals surface area (Å²) in [7, 11) is 0. The largest absolute Gasteiger partial charge is 0.481 e. The van der Waals surface area contributed by atoms with Crippen molar-refractivity contribution in [3.63, 3.8) is 0 Å². The molecule has 1 aromatic rings. The van der Waals surface area contributed by atoms with Gasteiger partial charge in [0.15, 0.2) is 0 Å². The van der Waals surface area contributed by atoms with Crippen molar-refractivity contribution in [1.82, 2.24) is 15.2 Å². The number of likely N-dealkylation sites (tertiary alicyclic amines) is 1. The van der Waals surface area contributed by atoms with E-state index in [4.69, 9.17) is 5.11 Å². The first kappa shape index (κ1) is 17.7. The van der Waals surface area contributed by atoms with E-state index in [1.165, 1.54) is 0 Å². The fraction of sp³-hybridized carbons (Fsp3) is 0.632. The van der Waals surface area contributed by atoms with Gasteiger partial charge in [0, 0.05) is 25.0 Å². The van der Waals surface area contributed by atoms with Crippen molar-refractivity contribution in [2.75, 3.05) is 6.54 Å². The van der Waals surface area contributed by atoms with Gasteiger partial charge in [-0.15, -0.1) is 0 Å². The maximum atomic E-state index is 12.9. The Hall–Kier alpha value is -2.11. The van der Waals surface area contributed by atoms with Crippen molar-refractivity contribution in [3.05, 3.63) is 30.1 Å². The molecule has 3 rings (SSSR count). The summed E-state index contributed by atoms with van der Waals surface area (Å²) >= 11 is 0. The average Bonchev–Trinajstić information content (AvgIpc) is 2.89. The molecular weight excluding hydrogens is 318 g/mol. The number of aromatic nitrogens is 1. The number of nitrogens with one attached hydrogen (secondary N) is 1. The Morgan fingerprint density at radius 3 is 2.44 bits per heavy atom. The lowest BCUT2D eigenvalue weighted by atomic mass is 9.86. The third kappa shape index (κ3) is 4.50. The number of carbonyl (C=O) groups excluding carboxylic acids is 1. The first-order valence-corrected chi connectivity index (χ1v) is 9.35. The maximum Gasteiger partial charge on any atom is 0.318 e. The number of carboxylic acids is 1. The summed E-state index contributed by atoms with van der Waals surface area (Å²) in [6, 6.07) is 4.16. The highest BCUT2D eigenvalue weighted by molar-refractivity contribution is 5.75. The Balaban J connectivity index is 1.63. The summed E-state index contributed by atoms with van der Waals surface area (Å²) in [5.74, 6) is -0.967. The molecule has 0 bridgehead atoms. The number of rotatable bonds is 3. The maximum absolute atomic E-state index is 12.9. The first-order valence-electron chi connectivity index (χ1n) is 9.35. The summed E-state index contributed by atoms with van der Waals surface area (Å²) in [6.07, 6.45) is 10.6. The minimum atomic E-state index is -0.713. The summed E-state index contributed by atoms with van der Waals surface area (Å²) in [5.41, 5.74) is 1.14. The molecule has 136 valence electrons. The van der Waals surface area contributed by atoms with Crippen molar-refractivity contribution in [2.45, 2.75) is 63.5 Å². The quantitative estimate of drug-likeness (QED) is 0.880. The Morgan fingerprint density at radius 2 is 1.76 bits per heavy atom. The van der Waals surface area contributed by atoms with E-state index in [1.807, 2.05) is 17.0 Å². The number of urea groups is 1. The standard InChI is InChI=1S/C19H27N3O3/c23-18(24)15-5-7-16(8-6-15)21-19(25)22-13-3-1-2-4-17(22)14-9-11-20-12-10-14/h9-12,15-17H,1-8,13H2,(H,21,25)(H,23,24). The molecule has 25 heavy (non-hydrogen) atoms. The van der Waals surface area contributed by atoms with Crippen LogP contribution in [0.15, 0.2) is 24.5 Å². The number of aliphatic carboxylic acids is 1. The van der Waals surface area contributed by atoms with Gasteiger partial charge in [0.1, 0.15) is 0 Å². The van der Waals surface area contributed by atoms with Crippen LogP contribution in [-0.4, -0.2) is 39.6 Å². The summed E-state index contributed by atoms with van der Waals surface area (Å²) in [4.78, 5) is 30.0. The van der Waals surface area contributed by atoms with Crippen LogP contribution in [-0.2, 0) is 4.79 Å². The van der Waals surface area contributed by atoms with Crippen LogP contribution in [0.4, 0.5) is 4.79 Å². The Morgan fingerprint density at radius 1 is 1.04 bits per heavy atom. The van der Waals surface area contributed by atoms with Crippen LogP contribution in [0.25, 0.3) is 0 Å². The highest BCUT2D eigenvalue weighted by Crippen LogP contribution is 2.30. The lowest BCUT2D eigenvalue weighted by molar-refractivity contribution is -0.142. The highest BCUT2D eigenvalue weighted by Gasteiger charge is 2.31. The fourth-order valence-corrected chi connectivity index (χ4v) is 4.03. The van der Waals surface area contributed by atoms with E-state index in [0.29, 0.717) is 12.8 Å². The molecule has 2 amide bonds. The van der Waals surface area contributed by atoms with Gasteiger partial charge < -0.3 is 15.3 Å². The molecule has 1 aromatic heterocycles. The zero-order valence-corrected chi connectivity index (χ0v) is 14.6. The van der Waals surface area contributed by atoms with Gasteiger partial charge >= 0.3 is 12.0 Å². The number of hydrogen-bond donors (Lipinski definition) is 2. The minimum Gasteiger partial charge on any atom is -0.481 e. The van der Waals surface area contributed by atoms with Gasteiger partial charge in [-0.05, 0) is 56.2 Å². The molecule has 6 heteroatoms. The molecular formula is C19H27N3O3. The van der Waals surface area contributed by atoms with Crippen LogP contribution in [0.5, 0.6) is 0 Å².